The standard InChI is InChI=1S/C26H31N5O/c1-16-13-24(32)29-22-4-2-3-20(26(22)28-16)19-7-8-23-21(14-19)25(18-5-6-18)30-31(23)15-17-9-11-27-12-10-17/h2-4,7-8,14,16-18,27-28H,5-6,9-13,15H2,1H3,(H,29,32)/t16-/m1/s1. The van der Waals surface area contributed by atoms with E-state index in [1.807, 2.05) is 12.1 Å². The van der Waals surface area contributed by atoms with Crippen LogP contribution in [0.15, 0.2) is 36.4 Å². The van der Waals surface area contributed by atoms with E-state index in [9.17, 15) is 4.79 Å². The number of amides is 1. The number of anilines is 2. The SMILES string of the molecule is C[C@@H]1CC(=O)Nc2cccc(-c3ccc4c(c3)c(C3CC3)nn4CC3CCNCC3)c2N1. The van der Waals surface area contributed by atoms with Crippen molar-refractivity contribution in [1.29, 1.82) is 0 Å². The lowest BCUT2D eigenvalue weighted by molar-refractivity contribution is -0.116. The van der Waals surface area contributed by atoms with Crippen LogP contribution in [0.4, 0.5) is 11.4 Å². The van der Waals surface area contributed by atoms with Crippen molar-refractivity contribution in [3.63, 3.8) is 0 Å². The molecule has 1 aliphatic carbocycles. The Balaban J connectivity index is 1.42. The number of nitrogens with one attached hydrogen (secondary N) is 3. The maximum Gasteiger partial charge on any atom is 0.226 e. The first kappa shape index (κ1) is 19.8. The van der Waals surface area contributed by atoms with Crippen molar-refractivity contribution in [2.45, 2.75) is 57.5 Å². The van der Waals surface area contributed by atoms with E-state index in [4.69, 9.17) is 5.10 Å². The molecule has 1 amide bonds. The number of carbonyl (C=O) groups excluding carboxylic acids is 1. The summed E-state index contributed by atoms with van der Waals surface area (Å²) in [6.07, 6.45) is 5.42. The Kier molecular flexibility index (Phi) is 4.90. The third-order valence-corrected chi connectivity index (χ3v) is 7.16. The Morgan fingerprint density at radius 2 is 1.94 bits per heavy atom. The number of hydrogen-bond acceptors (Lipinski definition) is 4. The van der Waals surface area contributed by atoms with Crippen molar-refractivity contribution in [2.24, 2.45) is 5.92 Å². The molecular weight excluding hydrogens is 398 g/mol. The summed E-state index contributed by atoms with van der Waals surface area (Å²) in [7, 11) is 0. The summed E-state index contributed by atoms with van der Waals surface area (Å²) in [6.45, 7) is 5.30. The van der Waals surface area contributed by atoms with Crippen molar-refractivity contribution in [3.8, 4) is 11.1 Å². The van der Waals surface area contributed by atoms with E-state index < -0.39 is 0 Å². The Hall–Kier alpha value is -2.86. The average Bonchev–Trinajstić information content (AvgIpc) is 3.59. The molecule has 0 unspecified atom stereocenters. The molecule has 2 aromatic carbocycles. The molecule has 3 N–H and O–H groups in total. The minimum absolute atomic E-state index is 0.0616. The van der Waals surface area contributed by atoms with Crippen LogP contribution in [0.25, 0.3) is 22.0 Å². The Bertz CT molecular complexity index is 1170. The van der Waals surface area contributed by atoms with E-state index in [-0.39, 0.29) is 11.9 Å². The van der Waals surface area contributed by atoms with Gasteiger partial charge in [-0.15, -0.1) is 0 Å². The highest BCUT2D eigenvalue weighted by molar-refractivity contribution is 6.01. The summed E-state index contributed by atoms with van der Waals surface area (Å²) in [5, 5.41) is 16.5. The van der Waals surface area contributed by atoms with Gasteiger partial charge in [0.2, 0.25) is 5.91 Å². The first-order chi connectivity index (χ1) is 15.7. The number of rotatable bonds is 4. The summed E-state index contributed by atoms with van der Waals surface area (Å²) in [4.78, 5) is 12.2. The van der Waals surface area contributed by atoms with Gasteiger partial charge in [0.15, 0.2) is 0 Å². The number of piperidine rings is 1. The fourth-order valence-electron chi connectivity index (χ4n) is 5.31. The number of benzene rings is 2. The maximum atomic E-state index is 12.2. The summed E-state index contributed by atoms with van der Waals surface area (Å²) >= 11 is 0. The summed E-state index contributed by atoms with van der Waals surface area (Å²) in [6, 6.07) is 13.0. The lowest BCUT2D eigenvalue weighted by atomic mass is 9.98. The van der Waals surface area contributed by atoms with Gasteiger partial charge in [0.25, 0.3) is 0 Å². The summed E-state index contributed by atoms with van der Waals surface area (Å²) < 4.78 is 2.27. The van der Waals surface area contributed by atoms with Crippen molar-refractivity contribution >= 4 is 28.2 Å². The molecule has 6 heteroatoms. The quantitative estimate of drug-likeness (QED) is 0.561. The Morgan fingerprint density at radius 1 is 1.09 bits per heavy atom. The zero-order chi connectivity index (χ0) is 21.7. The van der Waals surface area contributed by atoms with Crippen LogP contribution in [0, 0.1) is 5.92 Å². The molecule has 166 valence electrons. The molecular formula is C26H31N5O. The molecule has 3 aliphatic rings. The topological polar surface area (TPSA) is 71.0 Å². The smallest absolute Gasteiger partial charge is 0.226 e. The molecule has 3 aromatic rings. The highest BCUT2D eigenvalue weighted by atomic mass is 16.1. The molecule has 2 aliphatic heterocycles. The molecule has 2 fully saturated rings. The maximum absolute atomic E-state index is 12.2. The van der Waals surface area contributed by atoms with E-state index in [1.165, 1.54) is 47.8 Å². The lowest BCUT2D eigenvalue weighted by Gasteiger charge is -2.22. The van der Waals surface area contributed by atoms with Crippen molar-refractivity contribution in [3.05, 3.63) is 42.1 Å². The highest BCUT2D eigenvalue weighted by Gasteiger charge is 2.30. The molecule has 1 atom stereocenters. The number of hydrogen-bond donors (Lipinski definition) is 3. The minimum atomic E-state index is 0.0616. The van der Waals surface area contributed by atoms with Gasteiger partial charge < -0.3 is 16.0 Å². The third kappa shape index (κ3) is 3.66. The van der Waals surface area contributed by atoms with Crippen LogP contribution in [-0.4, -0.2) is 34.8 Å². The van der Waals surface area contributed by atoms with Crippen LogP contribution in [0.3, 0.4) is 0 Å². The van der Waals surface area contributed by atoms with Crippen LogP contribution in [0.2, 0.25) is 0 Å². The predicted octanol–water partition coefficient (Wildman–Crippen LogP) is 4.72. The zero-order valence-electron chi connectivity index (χ0n) is 18.7. The first-order valence-electron chi connectivity index (χ1n) is 12.1. The van der Waals surface area contributed by atoms with Gasteiger partial charge in [0.1, 0.15) is 0 Å². The molecule has 1 aromatic heterocycles. The molecule has 32 heavy (non-hydrogen) atoms. The van der Waals surface area contributed by atoms with E-state index in [0.717, 1.165) is 36.6 Å². The molecule has 6 nitrogen and oxygen atoms in total. The highest BCUT2D eigenvalue weighted by Crippen LogP contribution is 2.44. The first-order valence-corrected chi connectivity index (χ1v) is 12.1. The molecule has 6 rings (SSSR count). The fourth-order valence-corrected chi connectivity index (χ4v) is 5.31. The zero-order valence-corrected chi connectivity index (χ0v) is 18.7. The van der Waals surface area contributed by atoms with Gasteiger partial charge in [-0.1, -0.05) is 18.2 Å². The van der Waals surface area contributed by atoms with Gasteiger partial charge in [-0.25, -0.2) is 0 Å². The fraction of sp³-hybridized carbons (Fsp3) is 0.462. The van der Waals surface area contributed by atoms with Gasteiger partial charge >= 0.3 is 0 Å². The third-order valence-electron chi connectivity index (χ3n) is 7.16. The number of fused-ring (bicyclic) bond motifs is 2. The van der Waals surface area contributed by atoms with E-state index in [1.54, 1.807) is 0 Å². The summed E-state index contributed by atoms with van der Waals surface area (Å²) in [5.74, 6) is 1.36. The van der Waals surface area contributed by atoms with Crippen LogP contribution in [0.1, 0.15) is 50.6 Å². The Morgan fingerprint density at radius 3 is 2.75 bits per heavy atom. The monoisotopic (exact) mass is 429 g/mol. The van der Waals surface area contributed by atoms with E-state index in [0.29, 0.717) is 18.3 Å². The van der Waals surface area contributed by atoms with Gasteiger partial charge in [-0.2, -0.15) is 5.10 Å². The van der Waals surface area contributed by atoms with Crippen molar-refractivity contribution in [1.82, 2.24) is 15.1 Å². The molecule has 0 bridgehead atoms. The van der Waals surface area contributed by atoms with Gasteiger partial charge in [-0.3, -0.25) is 9.48 Å². The molecule has 0 spiro atoms. The van der Waals surface area contributed by atoms with Crippen LogP contribution < -0.4 is 16.0 Å². The number of nitrogens with zero attached hydrogens (tertiary/aromatic N) is 2. The Labute approximate surface area is 188 Å². The molecule has 0 radical (unpaired) electrons. The van der Waals surface area contributed by atoms with Crippen LogP contribution in [0.5, 0.6) is 0 Å². The van der Waals surface area contributed by atoms with Crippen LogP contribution in [-0.2, 0) is 11.3 Å². The van der Waals surface area contributed by atoms with Gasteiger partial charge in [0, 0.05) is 35.9 Å². The average molecular weight is 430 g/mol. The molecule has 1 saturated carbocycles. The minimum Gasteiger partial charge on any atom is -0.380 e. The second-order valence-electron chi connectivity index (χ2n) is 9.79. The molecule has 3 heterocycles. The number of aromatic nitrogens is 2. The van der Waals surface area contributed by atoms with Crippen molar-refractivity contribution < 1.29 is 4.79 Å². The molecule has 1 saturated heterocycles. The van der Waals surface area contributed by atoms with E-state index in [2.05, 4.69) is 51.8 Å². The van der Waals surface area contributed by atoms with Gasteiger partial charge in [-0.05, 0) is 75.4 Å². The van der Waals surface area contributed by atoms with Crippen LogP contribution >= 0.6 is 0 Å². The van der Waals surface area contributed by atoms with Crippen molar-refractivity contribution in [2.75, 3.05) is 23.7 Å². The van der Waals surface area contributed by atoms with Gasteiger partial charge in [0.05, 0.1) is 22.6 Å². The van der Waals surface area contributed by atoms with E-state index >= 15 is 0 Å². The number of para-hydroxylation sites is 1. The number of carbonyl (C=O) groups is 1. The predicted molar refractivity (Wildman–Crippen MR) is 129 cm³/mol. The second-order valence-corrected chi connectivity index (χ2v) is 9.79. The largest absolute Gasteiger partial charge is 0.380 e. The second kappa shape index (κ2) is 7.93. The summed E-state index contributed by atoms with van der Waals surface area (Å²) in [5.41, 5.74) is 6.71. The normalized spacial score (nSPS) is 21.7. The lowest BCUT2D eigenvalue weighted by Crippen LogP contribution is -2.30.